The predicted molar refractivity (Wildman–Crippen MR) is 121 cm³/mol. The zero-order chi connectivity index (χ0) is 22.8. The molecule has 0 spiro atoms. The molecule has 3 rings (SSSR count). The quantitative estimate of drug-likeness (QED) is 0.572. The third-order valence-electron chi connectivity index (χ3n) is 5.66. The van der Waals surface area contributed by atoms with E-state index in [1.54, 1.807) is 42.4 Å². The van der Waals surface area contributed by atoms with Crippen LogP contribution in [-0.2, 0) is 9.47 Å². The standard InChI is InChI=1S/C23H34N4O5/c1-3-8-24-23(29)27-13-16-32-21(18-27)17-26(10-9-25-11-14-31-15-12-25)22(28)19-4-6-20(30-2)7-5-19/h3-7,21H,1,8-18H2,2H3,(H,24,29)/t21-/m1/s1. The topological polar surface area (TPSA) is 83.6 Å². The smallest absolute Gasteiger partial charge is 0.317 e. The van der Waals surface area contributed by atoms with Crippen molar-refractivity contribution in [2.24, 2.45) is 0 Å². The van der Waals surface area contributed by atoms with Crippen LogP contribution in [0, 0.1) is 0 Å². The minimum absolute atomic E-state index is 0.0576. The highest BCUT2D eigenvalue weighted by atomic mass is 16.5. The molecule has 3 amide bonds. The first-order valence-electron chi connectivity index (χ1n) is 11.1. The molecule has 0 radical (unpaired) electrons. The van der Waals surface area contributed by atoms with Gasteiger partial charge in [0.15, 0.2) is 0 Å². The van der Waals surface area contributed by atoms with Crippen molar-refractivity contribution in [1.82, 2.24) is 20.0 Å². The summed E-state index contributed by atoms with van der Waals surface area (Å²) in [5.74, 6) is 0.649. The van der Waals surface area contributed by atoms with E-state index in [-0.39, 0.29) is 18.0 Å². The van der Waals surface area contributed by atoms with E-state index in [1.165, 1.54) is 0 Å². The fourth-order valence-corrected chi connectivity index (χ4v) is 3.81. The van der Waals surface area contributed by atoms with Gasteiger partial charge in [-0.1, -0.05) is 6.08 Å². The van der Waals surface area contributed by atoms with Crippen LogP contribution in [0.2, 0.25) is 0 Å². The average molecular weight is 447 g/mol. The Kier molecular flexibility index (Phi) is 9.33. The Labute approximate surface area is 189 Å². The lowest BCUT2D eigenvalue weighted by Gasteiger charge is -2.36. The van der Waals surface area contributed by atoms with Crippen LogP contribution in [0.25, 0.3) is 0 Å². The Bertz CT molecular complexity index is 751. The maximum Gasteiger partial charge on any atom is 0.317 e. The van der Waals surface area contributed by atoms with Gasteiger partial charge in [0.2, 0.25) is 0 Å². The minimum atomic E-state index is -0.245. The van der Waals surface area contributed by atoms with Gasteiger partial charge in [-0.3, -0.25) is 9.69 Å². The number of hydrogen-bond acceptors (Lipinski definition) is 6. The van der Waals surface area contributed by atoms with E-state index in [2.05, 4.69) is 16.8 Å². The van der Waals surface area contributed by atoms with Crippen molar-refractivity contribution >= 4 is 11.9 Å². The Balaban J connectivity index is 1.65. The lowest BCUT2D eigenvalue weighted by molar-refractivity contribution is -0.0295. The summed E-state index contributed by atoms with van der Waals surface area (Å²) < 4.78 is 16.6. The van der Waals surface area contributed by atoms with Gasteiger partial charge in [-0.05, 0) is 24.3 Å². The van der Waals surface area contributed by atoms with Crippen LogP contribution >= 0.6 is 0 Å². The van der Waals surface area contributed by atoms with Gasteiger partial charge >= 0.3 is 6.03 Å². The molecule has 2 saturated heterocycles. The van der Waals surface area contributed by atoms with Gasteiger partial charge in [0.1, 0.15) is 5.75 Å². The minimum Gasteiger partial charge on any atom is -0.497 e. The Morgan fingerprint density at radius 3 is 2.66 bits per heavy atom. The number of hydrogen-bond donors (Lipinski definition) is 1. The molecule has 2 aliphatic rings. The molecule has 0 bridgehead atoms. The monoisotopic (exact) mass is 446 g/mol. The highest BCUT2D eigenvalue weighted by Crippen LogP contribution is 2.15. The van der Waals surface area contributed by atoms with E-state index in [0.29, 0.717) is 63.9 Å². The molecule has 2 heterocycles. The lowest BCUT2D eigenvalue weighted by atomic mass is 10.1. The van der Waals surface area contributed by atoms with Crippen molar-refractivity contribution in [3.8, 4) is 5.75 Å². The highest BCUT2D eigenvalue weighted by Gasteiger charge is 2.28. The zero-order valence-corrected chi connectivity index (χ0v) is 18.8. The highest BCUT2D eigenvalue weighted by molar-refractivity contribution is 5.94. The van der Waals surface area contributed by atoms with Crippen LogP contribution < -0.4 is 10.1 Å². The number of nitrogens with zero attached hydrogens (tertiary/aromatic N) is 3. The zero-order valence-electron chi connectivity index (χ0n) is 18.8. The normalized spacial score (nSPS) is 19.3. The van der Waals surface area contributed by atoms with Crippen molar-refractivity contribution < 1.29 is 23.8 Å². The lowest BCUT2D eigenvalue weighted by Crippen LogP contribution is -2.53. The molecule has 0 aliphatic carbocycles. The Hall–Kier alpha value is -2.62. The third-order valence-corrected chi connectivity index (χ3v) is 5.66. The first-order valence-corrected chi connectivity index (χ1v) is 11.1. The molecule has 2 fully saturated rings. The number of benzene rings is 1. The maximum atomic E-state index is 13.3. The molecular weight excluding hydrogens is 412 g/mol. The summed E-state index contributed by atoms with van der Waals surface area (Å²) in [6, 6.07) is 6.99. The molecule has 32 heavy (non-hydrogen) atoms. The first kappa shape index (κ1) is 24.0. The molecule has 1 atom stereocenters. The van der Waals surface area contributed by atoms with Crippen LogP contribution in [0.4, 0.5) is 4.79 Å². The summed E-state index contributed by atoms with van der Waals surface area (Å²) in [6.07, 6.45) is 1.40. The summed E-state index contributed by atoms with van der Waals surface area (Å²) in [4.78, 5) is 31.5. The number of morpholine rings is 2. The third kappa shape index (κ3) is 6.94. The van der Waals surface area contributed by atoms with Crippen LogP contribution in [-0.4, -0.2) is 112 Å². The number of nitrogens with one attached hydrogen (secondary N) is 1. The first-order chi connectivity index (χ1) is 15.6. The summed E-state index contributed by atoms with van der Waals surface area (Å²) >= 11 is 0. The van der Waals surface area contributed by atoms with Crippen molar-refractivity contribution in [3.63, 3.8) is 0 Å². The van der Waals surface area contributed by atoms with Crippen molar-refractivity contribution in [3.05, 3.63) is 42.5 Å². The van der Waals surface area contributed by atoms with Gasteiger partial charge in [0.25, 0.3) is 5.91 Å². The molecule has 2 aliphatic heterocycles. The SMILES string of the molecule is C=CCNC(=O)N1CCO[C@H](CN(CCN2CCOCC2)C(=O)c2ccc(OC)cc2)C1. The molecule has 9 heteroatoms. The van der Waals surface area contributed by atoms with Crippen molar-refractivity contribution in [2.75, 3.05) is 79.3 Å². The van der Waals surface area contributed by atoms with Gasteiger partial charge in [-0.2, -0.15) is 0 Å². The molecule has 1 aromatic carbocycles. The van der Waals surface area contributed by atoms with Gasteiger partial charge in [0, 0.05) is 51.4 Å². The Morgan fingerprint density at radius 2 is 1.97 bits per heavy atom. The fraction of sp³-hybridized carbons (Fsp3) is 0.565. The summed E-state index contributed by atoms with van der Waals surface area (Å²) in [6.45, 7) is 10.4. The van der Waals surface area contributed by atoms with Crippen LogP contribution in [0.15, 0.2) is 36.9 Å². The number of ether oxygens (including phenoxy) is 3. The molecule has 1 N–H and O–H groups in total. The molecule has 0 aromatic heterocycles. The fourth-order valence-electron chi connectivity index (χ4n) is 3.81. The van der Waals surface area contributed by atoms with Crippen LogP contribution in [0.3, 0.4) is 0 Å². The number of methoxy groups -OCH3 is 1. The molecule has 0 saturated carbocycles. The van der Waals surface area contributed by atoms with Crippen molar-refractivity contribution in [1.29, 1.82) is 0 Å². The number of carbonyl (C=O) groups is 2. The van der Waals surface area contributed by atoms with E-state index in [9.17, 15) is 9.59 Å². The molecule has 176 valence electrons. The van der Waals surface area contributed by atoms with Gasteiger partial charge in [-0.25, -0.2) is 4.79 Å². The number of rotatable bonds is 9. The van der Waals surface area contributed by atoms with Crippen LogP contribution in [0.1, 0.15) is 10.4 Å². The number of carbonyl (C=O) groups excluding carboxylic acids is 2. The molecule has 1 aromatic rings. The Morgan fingerprint density at radius 1 is 1.22 bits per heavy atom. The second-order valence-electron chi connectivity index (χ2n) is 7.85. The van der Waals surface area contributed by atoms with Gasteiger partial charge in [-0.15, -0.1) is 6.58 Å². The second-order valence-corrected chi connectivity index (χ2v) is 7.85. The van der Waals surface area contributed by atoms with E-state index < -0.39 is 0 Å². The summed E-state index contributed by atoms with van der Waals surface area (Å²) in [5, 5.41) is 2.81. The van der Waals surface area contributed by atoms with E-state index >= 15 is 0 Å². The van der Waals surface area contributed by atoms with E-state index in [1.807, 2.05) is 4.90 Å². The van der Waals surface area contributed by atoms with E-state index in [4.69, 9.17) is 14.2 Å². The summed E-state index contributed by atoms with van der Waals surface area (Å²) in [5.41, 5.74) is 0.601. The molecule has 0 unspecified atom stereocenters. The maximum absolute atomic E-state index is 13.3. The summed E-state index contributed by atoms with van der Waals surface area (Å²) in [7, 11) is 1.60. The van der Waals surface area contributed by atoms with Gasteiger partial charge < -0.3 is 29.3 Å². The molecule has 9 nitrogen and oxygen atoms in total. The average Bonchev–Trinajstić information content (AvgIpc) is 2.85. The number of urea groups is 1. The van der Waals surface area contributed by atoms with Crippen molar-refractivity contribution in [2.45, 2.75) is 6.10 Å². The van der Waals surface area contributed by atoms with Gasteiger partial charge in [0.05, 0.1) is 39.6 Å². The largest absolute Gasteiger partial charge is 0.497 e. The van der Waals surface area contributed by atoms with E-state index in [0.717, 1.165) is 19.6 Å². The number of amides is 3. The predicted octanol–water partition coefficient (Wildman–Crippen LogP) is 1.07. The molecular formula is C23H34N4O5. The second kappa shape index (κ2) is 12.4. The van der Waals surface area contributed by atoms with Crippen LogP contribution in [0.5, 0.6) is 5.75 Å².